The van der Waals surface area contributed by atoms with Crippen LogP contribution in [0.5, 0.6) is 0 Å². The molecule has 0 radical (unpaired) electrons. The summed E-state index contributed by atoms with van der Waals surface area (Å²) in [5.41, 5.74) is 0. The zero-order valence-corrected chi connectivity index (χ0v) is 10.4. The Hall–Kier alpha value is 0.147. The molecule has 0 aliphatic heterocycles. The first-order valence-corrected chi connectivity index (χ1v) is 6.89. The summed E-state index contributed by atoms with van der Waals surface area (Å²) in [5.74, 6) is 0. The van der Waals surface area contributed by atoms with Crippen molar-refractivity contribution >= 4 is 10.2 Å². The predicted molar refractivity (Wildman–Crippen MR) is 57.7 cm³/mol. The minimum absolute atomic E-state index is 0.125. The summed E-state index contributed by atoms with van der Waals surface area (Å²) in [6.45, 7) is -0.125. The molecule has 0 bridgehead atoms. The van der Waals surface area contributed by atoms with E-state index in [1.165, 1.54) is 54.8 Å². The quantitative estimate of drug-likeness (QED) is 0.387. The fourth-order valence-electron chi connectivity index (χ4n) is 1.41. The number of alkyl halides is 1. The first-order chi connectivity index (χ1) is 5.91. The molecule has 12 heavy (non-hydrogen) atoms. The maximum atomic E-state index is 11.7. The van der Waals surface area contributed by atoms with Crippen molar-refractivity contribution in [1.29, 1.82) is 0 Å². The van der Waals surface area contributed by atoms with E-state index in [1.54, 1.807) is 0 Å². The Labute approximate surface area is 79.4 Å². The smallest absolute Gasteiger partial charge is 0.0894 e. The highest BCUT2D eigenvalue weighted by molar-refractivity contribution is 6.08. The van der Waals surface area contributed by atoms with Gasteiger partial charge in [-0.1, -0.05) is 51.0 Å². The van der Waals surface area contributed by atoms with E-state index < -0.39 is 0 Å². The van der Waals surface area contributed by atoms with Crippen LogP contribution in [0.25, 0.3) is 0 Å². The summed E-state index contributed by atoms with van der Waals surface area (Å²) in [6, 6.07) is 1.46. The van der Waals surface area contributed by atoms with Gasteiger partial charge in [0.05, 0.1) is 6.67 Å². The molecule has 0 unspecified atom stereocenters. The first kappa shape index (κ1) is 12.1. The third-order valence-electron chi connectivity index (χ3n) is 2.24. The maximum absolute atomic E-state index is 11.7. The van der Waals surface area contributed by atoms with Gasteiger partial charge in [-0.3, -0.25) is 4.39 Å². The summed E-state index contributed by atoms with van der Waals surface area (Å²) >= 11 is 0. The lowest BCUT2D eigenvalue weighted by molar-refractivity contribution is 0.449. The van der Waals surface area contributed by atoms with Gasteiger partial charge in [0.1, 0.15) is 0 Å². The molecule has 0 aliphatic carbocycles. The fourth-order valence-corrected chi connectivity index (χ4v) is 1.91. The van der Waals surface area contributed by atoms with Gasteiger partial charge in [-0.05, 0) is 6.42 Å². The normalized spacial score (nSPS) is 10.8. The minimum atomic E-state index is -0.125. The third-order valence-corrected chi connectivity index (χ3v) is 2.94. The molecule has 0 saturated carbocycles. The van der Waals surface area contributed by atoms with Crippen LogP contribution in [0.3, 0.4) is 0 Å². The second-order valence-corrected chi connectivity index (χ2v) is 4.52. The van der Waals surface area contributed by atoms with Crippen molar-refractivity contribution in [3.8, 4) is 0 Å². The van der Waals surface area contributed by atoms with E-state index in [-0.39, 0.29) is 6.67 Å². The van der Waals surface area contributed by atoms with Crippen LogP contribution in [-0.4, -0.2) is 16.9 Å². The average Bonchev–Trinajstić information content (AvgIpc) is 2.10. The lowest BCUT2D eigenvalue weighted by atomic mass is 10.1. The number of rotatable bonds is 9. The molecule has 0 fully saturated rings. The number of halogens is 1. The van der Waals surface area contributed by atoms with Gasteiger partial charge in [0.2, 0.25) is 0 Å². The van der Waals surface area contributed by atoms with Crippen molar-refractivity contribution in [1.82, 2.24) is 0 Å². The maximum Gasteiger partial charge on any atom is 0.0894 e. The van der Waals surface area contributed by atoms with E-state index in [4.69, 9.17) is 0 Å². The zero-order valence-electron chi connectivity index (χ0n) is 8.45. The highest BCUT2D eigenvalue weighted by Gasteiger charge is 1.90. The van der Waals surface area contributed by atoms with Crippen molar-refractivity contribution in [3.63, 3.8) is 0 Å². The van der Waals surface area contributed by atoms with Crippen molar-refractivity contribution in [2.45, 2.75) is 57.4 Å². The molecule has 74 valence electrons. The molecule has 0 aromatic carbocycles. The van der Waals surface area contributed by atoms with E-state index >= 15 is 0 Å². The van der Waals surface area contributed by atoms with Gasteiger partial charge in [-0.15, -0.1) is 0 Å². The molecule has 2 heteroatoms. The van der Waals surface area contributed by atoms with E-state index in [2.05, 4.69) is 0 Å². The molecule has 0 aromatic heterocycles. The van der Waals surface area contributed by atoms with Gasteiger partial charge >= 0.3 is 0 Å². The molecule has 0 spiro atoms. The Morgan fingerprint density at radius 2 is 1.08 bits per heavy atom. The van der Waals surface area contributed by atoms with Gasteiger partial charge in [0.15, 0.2) is 0 Å². The summed E-state index contributed by atoms with van der Waals surface area (Å²) in [4.78, 5) is 0. The van der Waals surface area contributed by atoms with Gasteiger partial charge in [0, 0.05) is 10.2 Å². The monoisotopic (exact) mass is 190 g/mol. The van der Waals surface area contributed by atoms with E-state index in [9.17, 15) is 4.39 Å². The number of hydrogen-bond acceptors (Lipinski definition) is 0. The number of unbranched alkanes of at least 4 members (excludes halogenated alkanes) is 7. The standard InChI is InChI=1S/C10H23FSi/c11-9-7-5-3-1-2-4-6-8-10-12/h1-10H2,12H3. The summed E-state index contributed by atoms with van der Waals surface area (Å²) in [6.07, 6.45) is 10.1. The molecule has 0 saturated heterocycles. The molecular formula is C10H23FSi. The number of hydrogen-bond donors (Lipinski definition) is 0. The van der Waals surface area contributed by atoms with Gasteiger partial charge < -0.3 is 0 Å². The zero-order chi connectivity index (χ0) is 9.07. The molecular weight excluding hydrogens is 167 g/mol. The molecule has 0 N–H and O–H groups in total. The highest BCUT2D eigenvalue weighted by Crippen LogP contribution is 2.09. The van der Waals surface area contributed by atoms with Crippen LogP contribution >= 0.6 is 0 Å². The van der Waals surface area contributed by atoms with E-state index in [0.717, 1.165) is 12.8 Å². The van der Waals surface area contributed by atoms with Gasteiger partial charge in [0.25, 0.3) is 0 Å². The Balaban J connectivity index is 2.73. The third kappa shape index (κ3) is 10.1. The van der Waals surface area contributed by atoms with Crippen LogP contribution in [0, 0.1) is 0 Å². The Morgan fingerprint density at radius 1 is 0.667 bits per heavy atom. The summed E-state index contributed by atoms with van der Waals surface area (Å²) in [7, 11) is 1.37. The van der Waals surface area contributed by atoms with E-state index in [0.29, 0.717) is 0 Å². The Bertz CT molecular complexity index is 66.2. The first-order valence-electron chi connectivity index (χ1n) is 5.47. The molecule has 0 amide bonds. The van der Waals surface area contributed by atoms with Crippen molar-refractivity contribution in [2.75, 3.05) is 6.67 Å². The van der Waals surface area contributed by atoms with Crippen LogP contribution in [0.15, 0.2) is 0 Å². The topological polar surface area (TPSA) is 0 Å². The molecule has 0 rings (SSSR count). The fraction of sp³-hybridized carbons (Fsp3) is 1.00. The van der Waals surface area contributed by atoms with Crippen LogP contribution in [0.2, 0.25) is 6.04 Å². The van der Waals surface area contributed by atoms with Gasteiger partial charge in [-0.2, -0.15) is 0 Å². The SMILES string of the molecule is FCCCCCCCCCC[SiH3]. The van der Waals surface area contributed by atoms with Gasteiger partial charge in [-0.25, -0.2) is 0 Å². The molecule has 0 aliphatic rings. The largest absolute Gasteiger partial charge is 0.251 e. The minimum Gasteiger partial charge on any atom is -0.251 e. The predicted octanol–water partition coefficient (Wildman–Crippen LogP) is 2.86. The van der Waals surface area contributed by atoms with Crippen LogP contribution < -0.4 is 0 Å². The Kier molecular flexibility index (Phi) is 11.3. The van der Waals surface area contributed by atoms with Crippen molar-refractivity contribution in [3.05, 3.63) is 0 Å². The lowest BCUT2D eigenvalue weighted by Gasteiger charge is -1.99. The second-order valence-electron chi connectivity index (χ2n) is 3.52. The van der Waals surface area contributed by atoms with Crippen LogP contribution in [-0.2, 0) is 0 Å². The summed E-state index contributed by atoms with van der Waals surface area (Å²) in [5, 5.41) is 0. The average molecular weight is 190 g/mol. The molecule has 0 aromatic rings. The van der Waals surface area contributed by atoms with Crippen molar-refractivity contribution < 1.29 is 4.39 Å². The van der Waals surface area contributed by atoms with Crippen molar-refractivity contribution in [2.24, 2.45) is 0 Å². The molecule has 0 heterocycles. The van der Waals surface area contributed by atoms with Crippen LogP contribution in [0.4, 0.5) is 4.39 Å². The lowest BCUT2D eigenvalue weighted by Crippen LogP contribution is -1.81. The summed E-state index contributed by atoms with van der Waals surface area (Å²) < 4.78 is 11.7. The highest BCUT2D eigenvalue weighted by atomic mass is 28.1. The second kappa shape index (κ2) is 11.1. The Morgan fingerprint density at radius 3 is 1.50 bits per heavy atom. The van der Waals surface area contributed by atoms with E-state index in [1.807, 2.05) is 0 Å². The van der Waals surface area contributed by atoms with Crippen LogP contribution in [0.1, 0.15) is 51.4 Å². The molecule has 0 atom stereocenters. The molecule has 0 nitrogen and oxygen atoms in total.